The lowest BCUT2D eigenvalue weighted by Gasteiger charge is -2.00. The van der Waals surface area contributed by atoms with Crippen LogP contribution in [0.2, 0.25) is 0 Å². The largest absolute Gasteiger partial charge is 0.248 e. The molecule has 15 heavy (non-hydrogen) atoms. The van der Waals surface area contributed by atoms with Crippen LogP contribution in [0.15, 0.2) is 30.5 Å². The first-order valence-corrected chi connectivity index (χ1v) is 5.01. The predicted molar refractivity (Wildman–Crippen MR) is 55.1 cm³/mol. The molecule has 0 fully saturated rings. The van der Waals surface area contributed by atoms with E-state index in [1.54, 1.807) is 16.9 Å². The molecule has 0 aliphatic carbocycles. The van der Waals surface area contributed by atoms with Crippen LogP contribution in [-0.4, -0.2) is 15.0 Å². The lowest BCUT2D eigenvalue weighted by atomic mass is 10.2. The van der Waals surface area contributed by atoms with Crippen molar-refractivity contribution in [3.8, 4) is 0 Å². The van der Waals surface area contributed by atoms with E-state index in [-0.39, 0.29) is 5.82 Å². The fourth-order valence-electron chi connectivity index (χ4n) is 1.30. The number of alkyl halides is 1. The van der Waals surface area contributed by atoms with Crippen LogP contribution in [0.25, 0.3) is 0 Å². The van der Waals surface area contributed by atoms with Gasteiger partial charge in [-0.15, -0.1) is 16.7 Å². The Morgan fingerprint density at radius 2 is 2.27 bits per heavy atom. The second kappa shape index (κ2) is 4.40. The van der Waals surface area contributed by atoms with Crippen LogP contribution in [-0.2, 0) is 12.4 Å². The van der Waals surface area contributed by atoms with E-state index in [2.05, 4.69) is 10.3 Å². The summed E-state index contributed by atoms with van der Waals surface area (Å²) in [4.78, 5) is 0. The molecule has 1 aromatic carbocycles. The molecular formula is C10H9ClFN3. The van der Waals surface area contributed by atoms with E-state index in [0.29, 0.717) is 18.1 Å². The lowest BCUT2D eigenvalue weighted by molar-refractivity contribution is 0.614. The Morgan fingerprint density at radius 1 is 1.40 bits per heavy atom. The summed E-state index contributed by atoms with van der Waals surface area (Å²) in [6.07, 6.45) is 1.75. The SMILES string of the molecule is Fc1cccc(Cn2cc(CCl)nn2)c1. The molecule has 5 heteroatoms. The smallest absolute Gasteiger partial charge is 0.123 e. The van der Waals surface area contributed by atoms with Gasteiger partial charge in [-0.1, -0.05) is 17.3 Å². The van der Waals surface area contributed by atoms with E-state index in [9.17, 15) is 4.39 Å². The number of hydrogen-bond acceptors (Lipinski definition) is 2. The molecule has 0 atom stereocenters. The third-order valence-electron chi connectivity index (χ3n) is 1.96. The van der Waals surface area contributed by atoms with Crippen molar-refractivity contribution < 1.29 is 4.39 Å². The Bertz CT molecular complexity index is 455. The van der Waals surface area contributed by atoms with E-state index in [4.69, 9.17) is 11.6 Å². The highest BCUT2D eigenvalue weighted by Crippen LogP contribution is 2.06. The van der Waals surface area contributed by atoms with Gasteiger partial charge in [-0.25, -0.2) is 9.07 Å². The molecule has 0 N–H and O–H groups in total. The molecule has 1 aromatic heterocycles. The van der Waals surface area contributed by atoms with Gasteiger partial charge in [0, 0.05) is 0 Å². The zero-order valence-corrected chi connectivity index (χ0v) is 8.65. The molecular weight excluding hydrogens is 217 g/mol. The fourth-order valence-corrected chi connectivity index (χ4v) is 1.42. The van der Waals surface area contributed by atoms with Gasteiger partial charge in [0.1, 0.15) is 5.82 Å². The second-order valence-electron chi connectivity index (χ2n) is 3.17. The molecule has 2 rings (SSSR count). The number of aromatic nitrogens is 3. The molecule has 0 spiro atoms. The van der Waals surface area contributed by atoms with Crippen LogP contribution in [0.4, 0.5) is 4.39 Å². The van der Waals surface area contributed by atoms with Crippen molar-refractivity contribution >= 4 is 11.6 Å². The van der Waals surface area contributed by atoms with E-state index in [0.717, 1.165) is 5.56 Å². The molecule has 0 unspecified atom stereocenters. The maximum atomic E-state index is 12.9. The molecule has 0 saturated heterocycles. The van der Waals surface area contributed by atoms with E-state index in [1.165, 1.54) is 12.1 Å². The van der Waals surface area contributed by atoms with Gasteiger partial charge in [0.15, 0.2) is 0 Å². The predicted octanol–water partition coefficient (Wildman–Crippen LogP) is 2.20. The Kier molecular flexibility index (Phi) is 2.97. The molecule has 2 aromatic rings. The van der Waals surface area contributed by atoms with Crippen LogP contribution >= 0.6 is 11.6 Å². The summed E-state index contributed by atoms with van der Waals surface area (Å²) in [5.41, 5.74) is 1.56. The molecule has 1 heterocycles. The van der Waals surface area contributed by atoms with Crippen molar-refractivity contribution in [1.29, 1.82) is 0 Å². The molecule has 0 aliphatic heterocycles. The van der Waals surface area contributed by atoms with Crippen molar-refractivity contribution in [3.05, 3.63) is 47.5 Å². The molecule has 0 amide bonds. The quantitative estimate of drug-likeness (QED) is 0.750. The Labute approximate surface area is 91.5 Å². The summed E-state index contributed by atoms with van der Waals surface area (Å²) in [5, 5.41) is 7.71. The van der Waals surface area contributed by atoms with Crippen molar-refractivity contribution in [2.45, 2.75) is 12.4 Å². The van der Waals surface area contributed by atoms with Crippen molar-refractivity contribution in [3.63, 3.8) is 0 Å². The summed E-state index contributed by atoms with van der Waals surface area (Å²) >= 11 is 5.59. The van der Waals surface area contributed by atoms with E-state index >= 15 is 0 Å². The minimum atomic E-state index is -0.245. The minimum absolute atomic E-state index is 0.245. The van der Waals surface area contributed by atoms with Crippen LogP contribution in [0, 0.1) is 5.82 Å². The van der Waals surface area contributed by atoms with Crippen LogP contribution in [0.1, 0.15) is 11.3 Å². The van der Waals surface area contributed by atoms with Crippen LogP contribution < -0.4 is 0 Å². The van der Waals surface area contributed by atoms with Gasteiger partial charge < -0.3 is 0 Å². The number of nitrogens with zero attached hydrogens (tertiary/aromatic N) is 3. The maximum absolute atomic E-state index is 12.9. The second-order valence-corrected chi connectivity index (χ2v) is 3.44. The lowest BCUT2D eigenvalue weighted by Crippen LogP contribution is -2.00. The number of halogens is 2. The highest BCUT2D eigenvalue weighted by molar-refractivity contribution is 6.16. The topological polar surface area (TPSA) is 30.7 Å². The number of hydrogen-bond donors (Lipinski definition) is 0. The highest BCUT2D eigenvalue weighted by Gasteiger charge is 2.00. The Morgan fingerprint density at radius 3 is 2.93 bits per heavy atom. The van der Waals surface area contributed by atoms with Crippen molar-refractivity contribution in [2.24, 2.45) is 0 Å². The van der Waals surface area contributed by atoms with Gasteiger partial charge in [0.2, 0.25) is 0 Å². The van der Waals surface area contributed by atoms with Gasteiger partial charge in [-0.3, -0.25) is 0 Å². The fraction of sp³-hybridized carbons (Fsp3) is 0.200. The molecule has 0 radical (unpaired) electrons. The van der Waals surface area contributed by atoms with E-state index in [1.807, 2.05) is 6.07 Å². The monoisotopic (exact) mass is 225 g/mol. The summed E-state index contributed by atoms with van der Waals surface area (Å²) in [6.45, 7) is 0.502. The molecule has 3 nitrogen and oxygen atoms in total. The summed E-state index contributed by atoms with van der Waals surface area (Å²) in [7, 11) is 0. The van der Waals surface area contributed by atoms with Gasteiger partial charge in [0.05, 0.1) is 24.3 Å². The molecule has 0 saturated carbocycles. The van der Waals surface area contributed by atoms with Crippen molar-refractivity contribution in [2.75, 3.05) is 0 Å². The first-order valence-electron chi connectivity index (χ1n) is 4.47. The molecule has 78 valence electrons. The Hall–Kier alpha value is -1.42. The van der Waals surface area contributed by atoms with Gasteiger partial charge in [-0.05, 0) is 17.7 Å². The van der Waals surface area contributed by atoms with Gasteiger partial charge >= 0.3 is 0 Å². The van der Waals surface area contributed by atoms with Crippen molar-refractivity contribution in [1.82, 2.24) is 15.0 Å². The first-order chi connectivity index (χ1) is 7.28. The standard InChI is InChI=1S/C10H9ClFN3/c11-5-10-7-15(14-13-10)6-8-2-1-3-9(12)4-8/h1-4,7H,5-6H2. The van der Waals surface area contributed by atoms with Crippen LogP contribution in [0.5, 0.6) is 0 Å². The Balaban J connectivity index is 2.14. The normalized spacial score (nSPS) is 10.5. The average molecular weight is 226 g/mol. The van der Waals surface area contributed by atoms with Gasteiger partial charge in [-0.2, -0.15) is 0 Å². The number of benzene rings is 1. The zero-order chi connectivity index (χ0) is 10.7. The maximum Gasteiger partial charge on any atom is 0.123 e. The summed E-state index contributed by atoms with van der Waals surface area (Å²) in [6, 6.07) is 6.40. The summed E-state index contributed by atoms with van der Waals surface area (Å²) < 4.78 is 14.5. The molecule has 0 bridgehead atoms. The van der Waals surface area contributed by atoms with Gasteiger partial charge in [0.25, 0.3) is 0 Å². The number of rotatable bonds is 3. The average Bonchev–Trinajstić information content (AvgIpc) is 2.65. The van der Waals surface area contributed by atoms with Crippen LogP contribution in [0.3, 0.4) is 0 Å². The zero-order valence-electron chi connectivity index (χ0n) is 7.90. The first kappa shape index (κ1) is 10.1. The minimum Gasteiger partial charge on any atom is -0.248 e. The third-order valence-corrected chi connectivity index (χ3v) is 2.23. The summed E-state index contributed by atoms with van der Waals surface area (Å²) in [5.74, 6) is 0.0913. The van der Waals surface area contributed by atoms with E-state index < -0.39 is 0 Å². The molecule has 0 aliphatic rings. The highest BCUT2D eigenvalue weighted by atomic mass is 35.5. The third kappa shape index (κ3) is 2.53.